The highest BCUT2D eigenvalue weighted by atomic mass is 31.2. The van der Waals surface area contributed by atoms with E-state index in [0.717, 1.165) is 0 Å². The molecule has 1 heterocycles. The molecule has 2 unspecified atom stereocenters. The third-order valence-electron chi connectivity index (χ3n) is 1.28. The lowest BCUT2D eigenvalue weighted by molar-refractivity contribution is 0.296. The maximum absolute atomic E-state index is 11.2. The molecule has 1 aliphatic heterocycles. The summed E-state index contributed by atoms with van der Waals surface area (Å²) in [6.07, 6.45) is 5.02. The van der Waals surface area contributed by atoms with Gasteiger partial charge in [-0.05, 0) is 0 Å². The van der Waals surface area contributed by atoms with Crippen LogP contribution in [0.25, 0.3) is 0 Å². The molecule has 0 amide bonds. The smallest absolute Gasteiger partial charge is 0.305 e. The van der Waals surface area contributed by atoms with Gasteiger partial charge in [0.05, 0.1) is 6.61 Å². The van der Waals surface area contributed by atoms with Gasteiger partial charge in [-0.3, -0.25) is 9.09 Å². The van der Waals surface area contributed by atoms with Crippen LogP contribution >= 0.6 is 7.60 Å². The zero-order valence-electron chi connectivity index (χ0n) is 5.74. The van der Waals surface area contributed by atoms with E-state index >= 15 is 0 Å². The Hall–Kier alpha value is -0.290. The Bertz CT molecular complexity index is 206. The quantitative estimate of drug-likeness (QED) is 0.427. The summed E-state index contributed by atoms with van der Waals surface area (Å²) >= 11 is 0. The second kappa shape index (κ2) is 2.75. The highest BCUT2D eigenvalue weighted by molar-refractivity contribution is 7.54. The van der Waals surface area contributed by atoms with Gasteiger partial charge in [-0.1, -0.05) is 12.8 Å². The van der Waals surface area contributed by atoms with Crippen molar-refractivity contribution in [3.05, 3.63) is 0 Å². The fourth-order valence-corrected chi connectivity index (χ4v) is 1.94. The Morgan fingerprint density at radius 3 is 2.90 bits per heavy atom. The molecule has 0 aromatic rings. The molecule has 0 aromatic carbocycles. The van der Waals surface area contributed by atoms with E-state index in [4.69, 9.17) is 15.5 Å². The Morgan fingerprint density at radius 1 is 1.90 bits per heavy atom. The molecule has 1 rings (SSSR count). The molecule has 3 nitrogen and oxygen atoms in total. The summed E-state index contributed by atoms with van der Waals surface area (Å²) in [4.78, 5) is 0. The summed E-state index contributed by atoms with van der Waals surface area (Å²) < 4.78 is 21.0. The van der Waals surface area contributed by atoms with Gasteiger partial charge in [0.25, 0.3) is 0 Å². The van der Waals surface area contributed by atoms with Crippen LogP contribution in [0.15, 0.2) is 0 Å². The number of rotatable bonds is 1. The van der Waals surface area contributed by atoms with Gasteiger partial charge in [-0.2, -0.15) is 0 Å². The minimum absolute atomic E-state index is 0.265. The highest BCUT2D eigenvalue weighted by Crippen LogP contribution is 2.53. The van der Waals surface area contributed by atoms with Crippen LogP contribution in [-0.4, -0.2) is 18.9 Å². The fraction of sp³-hybridized carbons (Fsp3) is 0.667. The topological polar surface area (TPSA) is 35.5 Å². The molecule has 1 aliphatic rings. The van der Waals surface area contributed by atoms with Crippen molar-refractivity contribution in [1.82, 2.24) is 0 Å². The molecular weight excluding hydrogens is 151 g/mol. The number of terminal acetylenes is 1. The molecule has 0 aliphatic carbocycles. The molecule has 0 radical (unpaired) electrons. The average molecular weight is 160 g/mol. The van der Waals surface area contributed by atoms with Gasteiger partial charge in [0.2, 0.25) is 0 Å². The van der Waals surface area contributed by atoms with Crippen LogP contribution in [-0.2, 0) is 13.6 Å². The van der Waals surface area contributed by atoms with E-state index in [1.807, 2.05) is 0 Å². The molecule has 1 saturated heterocycles. The summed E-state index contributed by atoms with van der Waals surface area (Å²) in [5.74, 6) is 2.33. The van der Waals surface area contributed by atoms with E-state index in [-0.39, 0.29) is 6.61 Å². The highest BCUT2D eigenvalue weighted by Gasteiger charge is 2.33. The summed E-state index contributed by atoms with van der Waals surface area (Å²) in [6, 6.07) is 0. The zero-order chi connectivity index (χ0) is 7.61. The van der Waals surface area contributed by atoms with E-state index in [0.29, 0.717) is 6.16 Å². The van der Waals surface area contributed by atoms with Crippen LogP contribution in [0.1, 0.15) is 6.92 Å². The van der Waals surface area contributed by atoms with Gasteiger partial charge in [-0.25, -0.2) is 0 Å². The van der Waals surface area contributed by atoms with E-state index < -0.39 is 13.7 Å². The van der Waals surface area contributed by atoms with Crippen LogP contribution in [0.5, 0.6) is 0 Å². The molecule has 0 N–H and O–H groups in total. The predicted molar refractivity (Wildman–Crippen MR) is 37.8 cm³/mol. The Labute approximate surface area is 60.2 Å². The van der Waals surface area contributed by atoms with Crippen molar-refractivity contribution >= 4 is 7.60 Å². The van der Waals surface area contributed by atoms with Gasteiger partial charge < -0.3 is 4.52 Å². The van der Waals surface area contributed by atoms with E-state index in [9.17, 15) is 4.57 Å². The van der Waals surface area contributed by atoms with Crippen molar-refractivity contribution in [3.63, 3.8) is 0 Å². The fourth-order valence-electron chi connectivity index (χ4n) is 0.680. The summed E-state index contributed by atoms with van der Waals surface area (Å²) in [5.41, 5.74) is 0. The summed E-state index contributed by atoms with van der Waals surface area (Å²) in [5, 5.41) is 0. The molecule has 0 saturated carbocycles. The SMILES string of the molecule is C#CC1COP(=O)(CC)O1. The summed E-state index contributed by atoms with van der Waals surface area (Å²) in [7, 11) is -2.77. The first-order valence-corrected chi connectivity index (χ1v) is 4.81. The molecule has 0 aromatic heterocycles. The minimum Gasteiger partial charge on any atom is -0.305 e. The third-order valence-corrected chi connectivity index (χ3v) is 3.18. The van der Waals surface area contributed by atoms with Gasteiger partial charge in [0.1, 0.15) is 0 Å². The molecule has 1 fully saturated rings. The van der Waals surface area contributed by atoms with Crippen molar-refractivity contribution in [2.75, 3.05) is 12.8 Å². The van der Waals surface area contributed by atoms with Crippen molar-refractivity contribution in [3.8, 4) is 12.3 Å². The lowest BCUT2D eigenvalue weighted by Gasteiger charge is -2.04. The lowest BCUT2D eigenvalue weighted by Crippen LogP contribution is -2.03. The molecule has 0 bridgehead atoms. The minimum atomic E-state index is -2.77. The number of hydrogen-bond acceptors (Lipinski definition) is 3. The van der Waals surface area contributed by atoms with Gasteiger partial charge >= 0.3 is 7.60 Å². The van der Waals surface area contributed by atoms with Crippen molar-refractivity contribution in [1.29, 1.82) is 0 Å². The van der Waals surface area contributed by atoms with Crippen LogP contribution < -0.4 is 0 Å². The van der Waals surface area contributed by atoms with E-state index in [1.54, 1.807) is 6.92 Å². The van der Waals surface area contributed by atoms with Gasteiger partial charge in [-0.15, -0.1) is 6.42 Å². The maximum Gasteiger partial charge on any atom is 0.331 e. The largest absolute Gasteiger partial charge is 0.331 e. The Morgan fingerprint density at radius 2 is 2.60 bits per heavy atom. The van der Waals surface area contributed by atoms with Gasteiger partial charge in [0, 0.05) is 6.16 Å². The molecule has 56 valence electrons. The second-order valence-electron chi connectivity index (χ2n) is 1.98. The van der Waals surface area contributed by atoms with Crippen LogP contribution in [0.2, 0.25) is 0 Å². The first-order valence-electron chi connectivity index (χ1n) is 3.08. The maximum atomic E-state index is 11.2. The third kappa shape index (κ3) is 1.41. The normalized spacial score (nSPS) is 39.4. The first-order chi connectivity index (χ1) is 4.70. The van der Waals surface area contributed by atoms with E-state index in [2.05, 4.69) is 5.92 Å². The molecule has 10 heavy (non-hydrogen) atoms. The van der Waals surface area contributed by atoms with Gasteiger partial charge in [0.15, 0.2) is 6.10 Å². The average Bonchev–Trinajstić information content (AvgIpc) is 2.33. The first kappa shape index (κ1) is 7.81. The number of hydrogen-bond donors (Lipinski definition) is 0. The standard InChI is InChI=1S/C6H9O3P/c1-3-6-5-8-10(7,4-2)9-6/h1,6H,4-5H2,2H3. The van der Waals surface area contributed by atoms with Crippen molar-refractivity contribution < 1.29 is 13.6 Å². The zero-order valence-corrected chi connectivity index (χ0v) is 6.64. The Kier molecular flexibility index (Phi) is 2.15. The van der Waals surface area contributed by atoms with Crippen LogP contribution in [0.4, 0.5) is 0 Å². The summed E-state index contributed by atoms with van der Waals surface area (Å²) in [6.45, 7) is 2.02. The van der Waals surface area contributed by atoms with Crippen LogP contribution in [0, 0.1) is 12.3 Å². The van der Waals surface area contributed by atoms with Crippen molar-refractivity contribution in [2.24, 2.45) is 0 Å². The van der Waals surface area contributed by atoms with Crippen molar-refractivity contribution in [2.45, 2.75) is 13.0 Å². The molecule has 0 spiro atoms. The molecule has 2 atom stereocenters. The van der Waals surface area contributed by atoms with Crippen LogP contribution in [0.3, 0.4) is 0 Å². The monoisotopic (exact) mass is 160 g/mol. The van der Waals surface area contributed by atoms with E-state index in [1.165, 1.54) is 0 Å². The Balaban J connectivity index is 2.60. The molecule has 4 heteroatoms. The second-order valence-corrected chi connectivity index (χ2v) is 4.31. The predicted octanol–water partition coefficient (Wildman–Crippen LogP) is 1.25. The lowest BCUT2D eigenvalue weighted by atomic mass is 10.4. The molecular formula is C6H9O3P.